The average Bonchev–Trinajstić information content (AvgIpc) is 3.40. The molecule has 1 aliphatic heterocycles. The Hall–Kier alpha value is -3.66. The van der Waals surface area contributed by atoms with Crippen LogP contribution in [0.15, 0.2) is 58.6 Å². The van der Waals surface area contributed by atoms with Gasteiger partial charge in [-0.1, -0.05) is 31.2 Å². The van der Waals surface area contributed by atoms with Gasteiger partial charge in [0.05, 0.1) is 38.6 Å². The number of likely N-dealkylation sites (N-methyl/N-ethyl adjacent to an activating group) is 1. The molecule has 9 nitrogen and oxygen atoms in total. The molecular weight excluding hydrogens is 542 g/mol. The lowest BCUT2D eigenvalue weighted by Crippen LogP contribution is -2.44. The number of nitrogens with one attached hydrogen (secondary N) is 2. The number of hydrogen-bond donors (Lipinski definition) is 2. The first kappa shape index (κ1) is 33.8. The monoisotopic (exact) mass is 591 g/mol. The topological polar surface area (TPSA) is 91.8 Å². The van der Waals surface area contributed by atoms with Crippen molar-refractivity contribution in [1.82, 2.24) is 19.9 Å². The molecule has 1 fully saturated rings. The summed E-state index contributed by atoms with van der Waals surface area (Å²) < 4.78 is 13.0. The molecule has 0 unspecified atom stereocenters. The predicted octanol–water partition coefficient (Wildman–Crippen LogP) is 4.36. The molecule has 2 aromatic rings. The third-order valence-electron chi connectivity index (χ3n) is 7.49. The van der Waals surface area contributed by atoms with E-state index in [2.05, 4.69) is 69.3 Å². The number of amides is 1. The summed E-state index contributed by atoms with van der Waals surface area (Å²) >= 11 is 0. The normalized spacial score (nSPS) is 15.2. The maximum atomic E-state index is 13.7. The van der Waals surface area contributed by atoms with Crippen LogP contribution in [0.3, 0.4) is 0 Å². The van der Waals surface area contributed by atoms with Gasteiger partial charge < -0.3 is 29.7 Å². The van der Waals surface area contributed by atoms with E-state index in [0.29, 0.717) is 31.0 Å². The maximum absolute atomic E-state index is 13.7. The molecule has 0 aliphatic carbocycles. The number of ether oxygens (including phenoxy) is 2. The second kappa shape index (κ2) is 16.8. The number of allylic oxidation sites excluding steroid dienone is 4. The maximum Gasteiger partial charge on any atom is 0.253 e. The zero-order valence-corrected chi connectivity index (χ0v) is 27.0. The van der Waals surface area contributed by atoms with Crippen molar-refractivity contribution in [3.63, 3.8) is 0 Å². The van der Waals surface area contributed by atoms with E-state index in [0.717, 1.165) is 66.3 Å². The molecule has 3 heterocycles. The molecule has 3 rings (SSSR count). The Kier molecular flexibility index (Phi) is 13.3. The van der Waals surface area contributed by atoms with Crippen LogP contribution < -0.4 is 15.9 Å². The van der Waals surface area contributed by atoms with Crippen LogP contribution in [0.25, 0.3) is 11.6 Å². The van der Waals surface area contributed by atoms with Gasteiger partial charge in [-0.2, -0.15) is 0 Å². The van der Waals surface area contributed by atoms with Crippen LogP contribution in [-0.2, 0) is 20.8 Å². The molecule has 2 N–H and O–H groups in total. The number of H-pyrrole nitrogens is 1. The number of rotatable bonds is 14. The molecule has 1 aliphatic rings. The largest absolute Gasteiger partial charge is 0.383 e. The molecule has 0 atom stereocenters. The third kappa shape index (κ3) is 9.68. The van der Waals surface area contributed by atoms with E-state index >= 15 is 0 Å². The summed E-state index contributed by atoms with van der Waals surface area (Å²) in [6.45, 7) is 15.0. The Bertz CT molecular complexity index is 1410. The Balaban J connectivity index is 2.03. The number of nitrogens with zero attached hydrogens (tertiary/aromatic N) is 3. The van der Waals surface area contributed by atoms with Crippen LogP contribution in [0.1, 0.15) is 55.3 Å². The van der Waals surface area contributed by atoms with E-state index in [9.17, 15) is 9.59 Å². The van der Waals surface area contributed by atoms with Gasteiger partial charge in [-0.3, -0.25) is 14.3 Å². The van der Waals surface area contributed by atoms with Crippen LogP contribution in [0.5, 0.6) is 0 Å². The Morgan fingerprint density at radius 3 is 2.60 bits per heavy atom. The van der Waals surface area contributed by atoms with E-state index in [4.69, 9.17) is 9.47 Å². The Morgan fingerprint density at radius 2 is 1.95 bits per heavy atom. The Morgan fingerprint density at radius 1 is 1.21 bits per heavy atom. The summed E-state index contributed by atoms with van der Waals surface area (Å²) in [7, 11) is 3.79. The fourth-order valence-corrected chi connectivity index (χ4v) is 5.09. The average molecular weight is 592 g/mol. The van der Waals surface area contributed by atoms with Crippen LogP contribution in [0.4, 0.5) is 0 Å². The number of pyridine rings is 1. The van der Waals surface area contributed by atoms with Gasteiger partial charge in [0, 0.05) is 55.3 Å². The quantitative estimate of drug-likeness (QED) is 0.251. The lowest BCUT2D eigenvalue weighted by molar-refractivity contribution is -0.117. The summed E-state index contributed by atoms with van der Waals surface area (Å²) in [5, 5.41) is 5.26. The summed E-state index contributed by atoms with van der Waals surface area (Å²) in [6.07, 6.45) is 13.3. The van der Waals surface area contributed by atoms with Crippen molar-refractivity contribution in [3.05, 3.63) is 92.2 Å². The van der Waals surface area contributed by atoms with E-state index < -0.39 is 0 Å². The van der Waals surface area contributed by atoms with Gasteiger partial charge in [-0.15, -0.1) is 0 Å². The van der Waals surface area contributed by atoms with Crippen LogP contribution in [0, 0.1) is 13.8 Å². The zero-order chi connectivity index (χ0) is 31.4. The van der Waals surface area contributed by atoms with Gasteiger partial charge >= 0.3 is 0 Å². The van der Waals surface area contributed by atoms with Crippen molar-refractivity contribution in [2.45, 2.75) is 47.6 Å². The van der Waals surface area contributed by atoms with Crippen LogP contribution >= 0.6 is 0 Å². The number of hydrogen-bond acceptors (Lipinski definition) is 6. The van der Waals surface area contributed by atoms with Crippen molar-refractivity contribution in [3.8, 4) is 0 Å². The SMILES string of the molecule is C/C=C\C(=C/CN(C)CCOC)c1cc(/C=C(C(=O)NCc2c(C)cc(C)[nH]c2=O)\C(C)=C\CC)n(N2CCOCC2)c1. The van der Waals surface area contributed by atoms with Crippen molar-refractivity contribution in [2.75, 3.05) is 65.2 Å². The highest BCUT2D eigenvalue weighted by Crippen LogP contribution is 2.24. The van der Waals surface area contributed by atoms with Crippen LogP contribution in [-0.4, -0.2) is 80.6 Å². The summed E-state index contributed by atoms with van der Waals surface area (Å²) in [5.41, 5.74) is 6.56. The molecule has 0 aromatic carbocycles. The fourth-order valence-electron chi connectivity index (χ4n) is 5.09. The smallest absolute Gasteiger partial charge is 0.253 e. The molecule has 1 amide bonds. The van der Waals surface area contributed by atoms with E-state index in [1.807, 2.05) is 45.9 Å². The number of aryl methyl sites for hydroxylation is 2. The van der Waals surface area contributed by atoms with Gasteiger partial charge in [0.2, 0.25) is 0 Å². The fraction of sp³-hybridized carbons (Fsp3) is 0.471. The number of aromatic amines is 1. The number of methoxy groups -OCH3 is 1. The highest BCUT2D eigenvalue weighted by Gasteiger charge is 2.19. The number of carbonyl (C=O) groups is 1. The second-order valence-electron chi connectivity index (χ2n) is 11.0. The molecule has 9 heteroatoms. The van der Waals surface area contributed by atoms with E-state index in [1.54, 1.807) is 7.11 Å². The minimum absolute atomic E-state index is 0.150. The highest BCUT2D eigenvalue weighted by molar-refractivity contribution is 6.02. The lowest BCUT2D eigenvalue weighted by Gasteiger charge is -2.31. The first-order valence-electron chi connectivity index (χ1n) is 15.1. The summed E-state index contributed by atoms with van der Waals surface area (Å²) in [5.74, 6) is -0.221. The van der Waals surface area contributed by atoms with Gasteiger partial charge in [0.25, 0.3) is 11.5 Å². The summed E-state index contributed by atoms with van der Waals surface area (Å²) in [6, 6.07) is 4.06. The molecule has 234 valence electrons. The molecule has 0 radical (unpaired) electrons. The first-order valence-corrected chi connectivity index (χ1v) is 15.1. The van der Waals surface area contributed by atoms with Crippen molar-refractivity contribution in [2.24, 2.45) is 0 Å². The number of carbonyl (C=O) groups excluding carboxylic acids is 1. The Labute approximate surface area is 256 Å². The van der Waals surface area contributed by atoms with Gasteiger partial charge in [-0.25, -0.2) is 0 Å². The second-order valence-corrected chi connectivity index (χ2v) is 11.0. The van der Waals surface area contributed by atoms with Crippen molar-refractivity contribution >= 4 is 17.6 Å². The predicted molar refractivity (Wildman–Crippen MR) is 176 cm³/mol. The lowest BCUT2D eigenvalue weighted by atomic mass is 10.0. The first-order chi connectivity index (χ1) is 20.7. The molecule has 0 spiro atoms. The van der Waals surface area contributed by atoms with Gasteiger partial charge in [-0.05, 0) is 76.1 Å². The van der Waals surface area contributed by atoms with E-state index in [1.165, 1.54) is 0 Å². The van der Waals surface area contributed by atoms with Crippen LogP contribution in [0.2, 0.25) is 0 Å². The summed E-state index contributed by atoms with van der Waals surface area (Å²) in [4.78, 5) is 31.3. The molecule has 0 saturated carbocycles. The van der Waals surface area contributed by atoms with Crippen molar-refractivity contribution < 1.29 is 14.3 Å². The molecule has 1 saturated heterocycles. The van der Waals surface area contributed by atoms with Gasteiger partial charge in [0.15, 0.2) is 0 Å². The molecule has 43 heavy (non-hydrogen) atoms. The molecular formula is C34H49N5O4. The minimum atomic E-state index is -0.221. The number of aromatic nitrogens is 2. The van der Waals surface area contributed by atoms with Gasteiger partial charge in [0.1, 0.15) is 0 Å². The molecule has 2 aromatic heterocycles. The standard InChI is InChI=1S/C34H49N5O4/c1-8-10-25(3)31(33(40)35-23-32-26(4)20-27(5)36-34(32)41)22-30-21-29(24-39(30)38-15-18-43-19-16-38)28(11-9-2)12-13-37(6)14-17-42-7/h9-12,20-22,24H,8,13-19,23H2,1-7H3,(H,35,40)(H,36,41)/b11-9-,25-10+,28-12+,31-22+. The zero-order valence-electron chi connectivity index (χ0n) is 27.0. The highest BCUT2D eigenvalue weighted by atomic mass is 16.5. The molecule has 0 bridgehead atoms. The van der Waals surface area contributed by atoms with E-state index in [-0.39, 0.29) is 18.0 Å². The third-order valence-corrected chi connectivity index (χ3v) is 7.49. The van der Waals surface area contributed by atoms with Crippen molar-refractivity contribution in [1.29, 1.82) is 0 Å². The minimum Gasteiger partial charge on any atom is -0.383 e. The number of morpholine rings is 1.